The van der Waals surface area contributed by atoms with Gasteiger partial charge in [0.05, 0.1) is 11.0 Å². The summed E-state index contributed by atoms with van der Waals surface area (Å²) in [5.74, 6) is 0. The topological polar surface area (TPSA) is 4.93 Å². The number of hydrogen-bond donors (Lipinski definition) is 0. The maximum Gasteiger partial charge on any atom is 0.0626 e. The second-order valence-electron chi connectivity index (χ2n) is 9.75. The fraction of sp³-hybridized carbons (Fsp3) is 0. The molecular weight excluding hydrogens is 446 g/mol. The van der Waals surface area contributed by atoms with Crippen LogP contribution in [-0.2, 0) is 0 Å². The second kappa shape index (κ2) is 7.81. The first-order valence-corrected chi connectivity index (χ1v) is 12.8. The van der Waals surface area contributed by atoms with Gasteiger partial charge in [0.15, 0.2) is 0 Å². The number of aromatic nitrogens is 1. The molecule has 0 N–H and O–H groups in total. The summed E-state index contributed by atoms with van der Waals surface area (Å²) in [6.45, 7) is 0. The Kier molecular flexibility index (Phi) is 4.29. The van der Waals surface area contributed by atoms with Gasteiger partial charge in [-0.2, -0.15) is 0 Å². The van der Waals surface area contributed by atoms with E-state index in [1.165, 1.54) is 70.9 Å². The molecule has 0 unspecified atom stereocenters. The first-order valence-electron chi connectivity index (χ1n) is 12.8. The van der Waals surface area contributed by atoms with E-state index in [0.717, 1.165) is 0 Å². The molecule has 8 aromatic rings. The van der Waals surface area contributed by atoms with E-state index in [4.69, 9.17) is 0 Å². The Balaban J connectivity index is 1.64. The minimum absolute atomic E-state index is 1.18. The molecule has 0 aliphatic rings. The van der Waals surface area contributed by atoms with E-state index in [1.54, 1.807) is 0 Å². The van der Waals surface area contributed by atoms with E-state index >= 15 is 0 Å². The monoisotopic (exact) mass is 469 g/mol. The molecule has 37 heavy (non-hydrogen) atoms. The number of hydrogen-bond acceptors (Lipinski definition) is 0. The minimum Gasteiger partial charge on any atom is -0.308 e. The maximum atomic E-state index is 2.51. The van der Waals surface area contributed by atoms with Gasteiger partial charge in [-0.25, -0.2) is 0 Å². The van der Waals surface area contributed by atoms with Gasteiger partial charge in [-0.1, -0.05) is 127 Å². The van der Waals surface area contributed by atoms with Crippen molar-refractivity contribution in [1.29, 1.82) is 0 Å². The Morgan fingerprint density at radius 1 is 0.351 bits per heavy atom. The standard InChI is InChI=1S/C36H23N/c1-2-11-24(12-3-1)26-14-10-15-27(23-26)37-35-28-16-5-4-13-25(28)21-22-33(35)34-31-19-8-6-17-29(31)30-18-7-9-20-32(30)36(34)37/h1-23H. The summed E-state index contributed by atoms with van der Waals surface area (Å²) in [5.41, 5.74) is 6.16. The summed E-state index contributed by atoms with van der Waals surface area (Å²) in [5, 5.41) is 10.3. The summed E-state index contributed by atoms with van der Waals surface area (Å²) < 4.78 is 2.51. The first kappa shape index (κ1) is 20.3. The number of benzene rings is 7. The van der Waals surface area contributed by atoms with E-state index < -0.39 is 0 Å². The van der Waals surface area contributed by atoms with Gasteiger partial charge in [-0.05, 0) is 44.8 Å². The van der Waals surface area contributed by atoms with Crippen LogP contribution < -0.4 is 0 Å². The molecule has 0 saturated carbocycles. The molecule has 0 radical (unpaired) electrons. The number of rotatable bonds is 2. The highest BCUT2D eigenvalue weighted by Crippen LogP contribution is 2.44. The Bertz CT molecular complexity index is 2130. The van der Waals surface area contributed by atoms with Crippen LogP contribution in [0.15, 0.2) is 140 Å². The third-order valence-corrected chi connectivity index (χ3v) is 7.73. The quantitative estimate of drug-likeness (QED) is 0.222. The van der Waals surface area contributed by atoms with Crippen molar-refractivity contribution in [2.45, 2.75) is 0 Å². The average molecular weight is 470 g/mol. The van der Waals surface area contributed by atoms with E-state index in [-0.39, 0.29) is 0 Å². The van der Waals surface area contributed by atoms with Crippen molar-refractivity contribution >= 4 is 54.1 Å². The zero-order valence-electron chi connectivity index (χ0n) is 20.2. The summed E-state index contributed by atoms with van der Waals surface area (Å²) in [6, 6.07) is 50.7. The van der Waals surface area contributed by atoms with Crippen molar-refractivity contribution in [2.75, 3.05) is 0 Å². The van der Waals surface area contributed by atoms with Crippen molar-refractivity contribution in [3.63, 3.8) is 0 Å². The van der Waals surface area contributed by atoms with Crippen LogP contribution in [0.2, 0.25) is 0 Å². The Hall–Kier alpha value is -4.88. The largest absolute Gasteiger partial charge is 0.308 e. The molecule has 0 aliphatic heterocycles. The van der Waals surface area contributed by atoms with Gasteiger partial charge in [0.1, 0.15) is 0 Å². The van der Waals surface area contributed by atoms with Gasteiger partial charge in [-0.15, -0.1) is 0 Å². The lowest BCUT2D eigenvalue weighted by Crippen LogP contribution is -1.96. The van der Waals surface area contributed by atoms with Crippen LogP contribution in [0.4, 0.5) is 0 Å². The van der Waals surface area contributed by atoms with Crippen molar-refractivity contribution in [2.24, 2.45) is 0 Å². The Morgan fingerprint density at radius 3 is 1.78 bits per heavy atom. The van der Waals surface area contributed by atoms with Gasteiger partial charge >= 0.3 is 0 Å². The molecule has 1 nitrogen and oxygen atoms in total. The average Bonchev–Trinajstić information content (AvgIpc) is 3.34. The molecule has 7 aromatic carbocycles. The Labute approximate surface area is 214 Å². The molecule has 0 saturated heterocycles. The van der Waals surface area contributed by atoms with Crippen LogP contribution in [0.25, 0.3) is 70.9 Å². The van der Waals surface area contributed by atoms with Gasteiger partial charge in [0, 0.05) is 27.2 Å². The lowest BCUT2D eigenvalue weighted by atomic mass is 9.96. The molecule has 0 amide bonds. The van der Waals surface area contributed by atoms with E-state index in [1.807, 2.05) is 0 Å². The van der Waals surface area contributed by atoms with Crippen LogP contribution >= 0.6 is 0 Å². The van der Waals surface area contributed by atoms with Crippen LogP contribution in [0.3, 0.4) is 0 Å². The molecule has 8 rings (SSSR count). The van der Waals surface area contributed by atoms with Gasteiger partial charge < -0.3 is 4.57 Å². The SMILES string of the molecule is c1ccc(-c2cccc(-n3c4c5ccccc5ccc4c4c5ccccc5c5ccccc5c43)c2)cc1. The third kappa shape index (κ3) is 2.92. The summed E-state index contributed by atoms with van der Waals surface area (Å²) in [7, 11) is 0. The molecule has 0 fully saturated rings. The molecule has 0 atom stereocenters. The lowest BCUT2D eigenvalue weighted by Gasteiger charge is -2.14. The zero-order valence-corrected chi connectivity index (χ0v) is 20.2. The van der Waals surface area contributed by atoms with E-state index in [2.05, 4.69) is 144 Å². The van der Waals surface area contributed by atoms with Gasteiger partial charge in [0.2, 0.25) is 0 Å². The summed E-state index contributed by atoms with van der Waals surface area (Å²) in [4.78, 5) is 0. The summed E-state index contributed by atoms with van der Waals surface area (Å²) >= 11 is 0. The molecule has 0 bridgehead atoms. The van der Waals surface area contributed by atoms with Crippen molar-refractivity contribution in [3.8, 4) is 16.8 Å². The fourth-order valence-electron chi connectivity index (χ4n) is 6.15. The van der Waals surface area contributed by atoms with Gasteiger partial charge in [-0.3, -0.25) is 0 Å². The van der Waals surface area contributed by atoms with Crippen molar-refractivity contribution in [3.05, 3.63) is 140 Å². The van der Waals surface area contributed by atoms with Crippen molar-refractivity contribution in [1.82, 2.24) is 4.57 Å². The first-order chi connectivity index (χ1) is 18.4. The highest BCUT2D eigenvalue weighted by atomic mass is 15.0. The van der Waals surface area contributed by atoms with E-state index in [0.29, 0.717) is 0 Å². The van der Waals surface area contributed by atoms with E-state index in [9.17, 15) is 0 Å². The fourth-order valence-corrected chi connectivity index (χ4v) is 6.15. The predicted octanol–water partition coefficient (Wildman–Crippen LogP) is 9.91. The van der Waals surface area contributed by atoms with Gasteiger partial charge in [0.25, 0.3) is 0 Å². The molecular formula is C36H23N. The second-order valence-corrected chi connectivity index (χ2v) is 9.75. The highest BCUT2D eigenvalue weighted by molar-refractivity contribution is 6.34. The Morgan fingerprint density at radius 2 is 0.973 bits per heavy atom. The van der Waals surface area contributed by atoms with Crippen LogP contribution in [0.1, 0.15) is 0 Å². The molecule has 1 heteroatoms. The number of fused-ring (bicyclic) bond motifs is 10. The van der Waals surface area contributed by atoms with Crippen LogP contribution in [-0.4, -0.2) is 4.57 Å². The lowest BCUT2D eigenvalue weighted by molar-refractivity contribution is 1.19. The summed E-state index contributed by atoms with van der Waals surface area (Å²) in [6.07, 6.45) is 0. The van der Waals surface area contributed by atoms with Crippen LogP contribution in [0, 0.1) is 0 Å². The minimum atomic E-state index is 1.18. The molecule has 0 aliphatic carbocycles. The number of nitrogens with zero attached hydrogens (tertiary/aromatic N) is 1. The molecule has 1 heterocycles. The maximum absolute atomic E-state index is 2.51. The third-order valence-electron chi connectivity index (χ3n) is 7.73. The highest BCUT2D eigenvalue weighted by Gasteiger charge is 2.20. The molecule has 172 valence electrons. The normalized spacial score (nSPS) is 11.8. The smallest absolute Gasteiger partial charge is 0.0626 e. The zero-order chi connectivity index (χ0) is 24.3. The predicted molar refractivity (Wildman–Crippen MR) is 159 cm³/mol. The molecule has 0 spiro atoms. The molecule has 1 aromatic heterocycles. The van der Waals surface area contributed by atoms with Crippen molar-refractivity contribution < 1.29 is 0 Å². The van der Waals surface area contributed by atoms with Crippen LogP contribution in [0.5, 0.6) is 0 Å².